The van der Waals surface area contributed by atoms with E-state index in [9.17, 15) is 13.2 Å². The van der Waals surface area contributed by atoms with Gasteiger partial charge in [-0.25, -0.2) is 4.98 Å². The molecule has 2 unspecified atom stereocenters. The fourth-order valence-corrected chi connectivity index (χ4v) is 3.59. The monoisotopic (exact) mass is 404 g/mol. The molecule has 28 heavy (non-hydrogen) atoms. The minimum Gasteiger partial charge on any atom is -0.482 e. The summed E-state index contributed by atoms with van der Waals surface area (Å²) in [6.45, 7) is 1.81. The van der Waals surface area contributed by atoms with Gasteiger partial charge in [-0.3, -0.25) is 0 Å². The molecule has 1 aliphatic heterocycles. The number of hydrogen-bond acceptors (Lipinski definition) is 2. The van der Waals surface area contributed by atoms with E-state index in [-0.39, 0.29) is 11.5 Å². The van der Waals surface area contributed by atoms with Gasteiger partial charge in [0, 0.05) is 17.0 Å². The molecule has 0 bridgehead atoms. The number of hydrogen-bond donors (Lipinski definition) is 1. The van der Waals surface area contributed by atoms with Gasteiger partial charge in [0.05, 0.1) is 5.56 Å². The summed E-state index contributed by atoms with van der Waals surface area (Å²) in [7, 11) is 0. The van der Waals surface area contributed by atoms with Gasteiger partial charge in [0.25, 0.3) is 0 Å². The largest absolute Gasteiger partial charge is 0.482 e. The summed E-state index contributed by atoms with van der Waals surface area (Å²) in [5.41, 5.74) is 0.813. The molecule has 3 nitrogen and oxygen atoms in total. The van der Waals surface area contributed by atoms with Gasteiger partial charge in [0.2, 0.25) is 0 Å². The van der Waals surface area contributed by atoms with Crippen molar-refractivity contribution in [1.29, 1.82) is 0 Å². The summed E-state index contributed by atoms with van der Waals surface area (Å²) in [6.07, 6.45) is -3.43. The van der Waals surface area contributed by atoms with Crippen LogP contribution in [-0.2, 0) is 10.9 Å². The van der Waals surface area contributed by atoms with Crippen molar-refractivity contribution in [3.63, 3.8) is 0 Å². The lowest BCUT2D eigenvalue weighted by molar-refractivity contribution is -0.139. The van der Waals surface area contributed by atoms with Crippen molar-refractivity contribution in [1.82, 2.24) is 9.97 Å². The fraction of sp³-hybridized carbons (Fsp3) is 0.190. The molecule has 2 heterocycles. The Kier molecular flexibility index (Phi) is 4.67. The number of benzene rings is 2. The van der Waals surface area contributed by atoms with E-state index in [0.29, 0.717) is 22.4 Å². The molecule has 2 atom stereocenters. The molecule has 2 aromatic carbocycles. The number of nitrogens with zero attached hydrogens (tertiary/aromatic N) is 1. The lowest BCUT2D eigenvalue weighted by Crippen LogP contribution is -2.14. The number of aromatic nitrogens is 2. The Bertz CT molecular complexity index is 1030. The Morgan fingerprint density at radius 3 is 2.43 bits per heavy atom. The molecule has 4 rings (SSSR count). The van der Waals surface area contributed by atoms with Crippen LogP contribution in [0.15, 0.2) is 60.7 Å². The van der Waals surface area contributed by atoms with Crippen LogP contribution >= 0.6 is 11.6 Å². The topological polar surface area (TPSA) is 37.9 Å². The van der Waals surface area contributed by atoms with Crippen LogP contribution in [0.25, 0.3) is 17.0 Å². The molecule has 1 N–H and O–H groups in total. The summed E-state index contributed by atoms with van der Waals surface area (Å²) in [6, 6.07) is 14.9. The summed E-state index contributed by atoms with van der Waals surface area (Å²) >= 11 is 6.28. The third-order valence-electron chi connectivity index (χ3n) is 4.66. The molecule has 0 saturated heterocycles. The lowest BCUT2D eigenvalue weighted by atomic mass is 9.94. The average molecular weight is 405 g/mol. The van der Waals surface area contributed by atoms with Gasteiger partial charge in [0.1, 0.15) is 17.0 Å². The highest BCUT2D eigenvalue weighted by Crippen LogP contribution is 2.44. The van der Waals surface area contributed by atoms with Crippen LogP contribution in [-0.4, -0.2) is 9.97 Å². The Morgan fingerprint density at radius 2 is 1.71 bits per heavy atom. The van der Waals surface area contributed by atoms with Gasteiger partial charge in [-0.15, -0.1) is 0 Å². The lowest BCUT2D eigenvalue weighted by Gasteiger charge is -2.21. The number of nitrogens with one attached hydrogen (secondary N) is 1. The van der Waals surface area contributed by atoms with Gasteiger partial charge in [-0.1, -0.05) is 67.1 Å². The quantitative estimate of drug-likeness (QED) is 0.541. The van der Waals surface area contributed by atoms with Crippen LogP contribution in [0.1, 0.15) is 30.0 Å². The molecule has 0 amide bonds. The summed E-state index contributed by atoms with van der Waals surface area (Å²) in [5, 5.41) is 0.345. The van der Waals surface area contributed by atoms with E-state index >= 15 is 0 Å². The minimum atomic E-state index is -4.45. The first-order valence-corrected chi connectivity index (χ1v) is 9.08. The van der Waals surface area contributed by atoms with Crippen molar-refractivity contribution in [2.45, 2.75) is 19.2 Å². The number of ether oxygens (including phenoxy) is 1. The SMILES string of the molecule is CC1C=C(c2nc(-c3ccccc3)c(Cl)[nH]2)OC1c1ccccc1C(F)(F)F. The highest BCUT2D eigenvalue weighted by molar-refractivity contribution is 6.32. The van der Waals surface area contributed by atoms with Crippen molar-refractivity contribution in [2.24, 2.45) is 5.92 Å². The molecule has 144 valence electrons. The third kappa shape index (κ3) is 3.40. The average Bonchev–Trinajstić information content (AvgIpc) is 3.24. The van der Waals surface area contributed by atoms with Crippen molar-refractivity contribution >= 4 is 17.4 Å². The van der Waals surface area contributed by atoms with Crippen LogP contribution in [0.5, 0.6) is 0 Å². The van der Waals surface area contributed by atoms with Crippen LogP contribution in [0.2, 0.25) is 5.15 Å². The van der Waals surface area contributed by atoms with E-state index in [4.69, 9.17) is 16.3 Å². The second kappa shape index (κ2) is 7.02. The molecule has 0 spiro atoms. The molecule has 1 aromatic heterocycles. The number of rotatable bonds is 3. The Hall–Kier alpha value is -2.73. The van der Waals surface area contributed by atoms with E-state index in [1.54, 1.807) is 12.1 Å². The Balaban J connectivity index is 1.65. The van der Waals surface area contributed by atoms with Gasteiger partial charge in [-0.05, 0) is 12.1 Å². The second-order valence-electron chi connectivity index (χ2n) is 6.63. The maximum atomic E-state index is 13.4. The van der Waals surface area contributed by atoms with E-state index in [0.717, 1.165) is 11.6 Å². The van der Waals surface area contributed by atoms with Gasteiger partial charge < -0.3 is 9.72 Å². The van der Waals surface area contributed by atoms with Crippen LogP contribution in [0.3, 0.4) is 0 Å². The number of halogens is 4. The predicted octanol–water partition coefficient (Wildman–Crippen LogP) is 6.50. The summed E-state index contributed by atoms with van der Waals surface area (Å²) < 4.78 is 46.0. The van der Waals surface area contributed by atoms with Crippen molar-refractivity contribution in [3.05, 3.63) is 82.8 Å². The van der Waals surface area contributed by atoms with E-state index in [1.165, 1.54) is 12.1 Å². The number of aromatic amines is 1. The third-order valence-corrected chi connectivity index (χ3v) is 4.93. The first-order chi connectivity index (χ1) is 13.3. The second-order valence-corrected chi connectivity index (χ2v) is 7.01. The molecule has 1 aliphatic rings. The van der Waals surface area contributed by atoms with E-state index in [1.807, 2.05) is 37.3 Å². The van der Waals surface area contributed by atoms with Crippen molar-refractivity contribution in [2.75, 3.05) is 0 Å². The Labute approximate surface area is 164 Å². The normalized spacial score (nSPS) is 19.4. The molecule has 0 fully saturated rings. The fourth-order valence-electron chi connectivity index (χ4n) is 3.35. The molecule has 7 heteroatoms. The van der Waals surface area contributed by atoms with E-state index in [2.05, 4.69) is 9.97 Å². The molecule has 3 aromatic rings. The summed E-state index contributed by atoms with van der Waals surface area (Å²) in [4.78, 5) is 7.45. The molecular weight excluding hydrogens is 389 g/mol. The zero-order valence-corrected chi connectivity index (χ0v) is 15.6. The number of imidazole rings is 1. The van der Waals surface area contributed by atoms with Gasteiger partial charge in [-0.2, -0.15) is 13.2 Å². The van der Waals surface area contributed by atoms with Crippen LogP contribution in [0.4, 0.5) is 13.2 Å². The first-order valence-electron chi connectivity index (χ1n) is 8.70. The standard InChI is InChI=1S/C21H16ClF3N2O/c1-12-11-16(20-26-17(19(22)27-20)13-7-3-2-4-8-13)28-18(12)14-9-5-6-10-15(14)21(23,24)25/h2-12,18H,1H3,(H,26,27). The highest BCUT2D eigenvalue weighted by atomic mass is 35.5. The zero-order chi connectivity index (χ0) is 19.9. The van der Waals surface area contributed by atoms with E-state index < -0.39 is 17.8 Å². The van der Waals surface area contributed by atoms with Crippen molar-refractivity contribution < 1.29 is 17.9 Å². The van der Waals surface area contributed by atoms with Gasteiger partial charge >= 0.3 is 6.18 Å². The Morgan fingerprint density at radius 1 is 1.04 bits per heavy atom. The minimum absolute atomic E-state index is 0.106. The molecule has 0 aliphatic carbocycles. The molecular formula is C21H16ClF3N2O. The summed E-state index contributed by atoms with van der Waals surface area (Å²) in [5.74, 6) is 0.517. The first kappa shape index (κ1) is 18.6. The van der Waals surface area contributed by atoms with Crippen LogP contribution < -0.4 is 0 Å². The maximum Gasteiger partial charge on any atom is 0.416 e. The molecule has 0 radical (unpaired) electrons. The van der Waals surface area contributed by atoms with Gasteiger partial charge in [0.15, 0.2) is 11.6 Å². The van der Waals surface area contributed by atoms with Crippen molar-refractivity contribution in [3.8, 4) is 11.3 Å². The number of H-pyrrole nitrogens is 1. The zero-order valence-electron chi connectivity index (χ0n) is 14.8. The highest BCUT2D eigenvalue weighted by Gasteiger charge is 2.39. The predicted molar refractivity (Wildman–Crippen MR) is 101 cm³/mol. The molecule has 0 saturated carbocycles. The number of alkyl halides is 3. The maximum absolute atomic E-state index is 13.4. The van der Waals surface area contributed by atoms with Crippen LogP contribution in [0, 0.1) is 5.92 Å². The smallest absolute Gasteiger partial charge is 0.416 e.